The van der Waals surface area contributed by atoms with Crippen LogP contribution in [0.4, 0.5) is 19.3 Å². The molecule has 3 N–H and O–H groups in total. The van der Waals surface area contributed by atoms with Crippen molar-refractivity contribution in [3.8, 4) is 11.3 Å². The molecule has 0 saturated heterocycles. The summed E-state index contributed by atoms with van der Waals surface area (Å²) in [5.74, 6) is -0.395. The van der Waals surface area contributed by atoms with Gasteiger partial charge in [-0.3, -0.25) is 9.78 Å². The number of amides is 2. The van der Waals surface area contributed by atoms with Gasteiger partial charge in [0.2, 0.25) is 5.91 Å². The Morgan fingerprint density at radius 2 is 2.23 bits per heavy atom. The van der Waals surface area contributed by atoms with Gasteiger partial charge in [-0.2, -0.15) is 13.9 Å². The van der Waals surface area contributed by atoms with Crippen LogP contribution in [0.5, 0.6) is 0 Å². The summed E-state index contributed by atoms with van der Waals surface area (Å²) in [4.78, 5) is 27.2. The van der Waals surface area contributed by atoms with Crippen molar-refractivity contribution in [3.05, 3.63) is 42.4 Å². The Morgan fingerprint density at radius 3 is 2.96 bits per heavy atom. The lowest BCUT2D eigenvalue weighted by Crippen LogP contribution is -2.27. The first-order valence-corrected chi connectivity index (χ1v) is 7.72. The van der Waals surface area contributed by atoms with E-state index in [0.29, 0.717) is 15.9 Å². The van der Waals surface area contributed by atoms with Gasteiger partial charge in [-0.15, -0.1) is 0 Å². The van der Waals surface area contributed by atoms with Gasteiger partial charge in [0, 0.05) is 18.2 Å². The van der Waals surface area contributed by atoms with Crippen molar-refractivity contribution in [1.82, 2.24) is 20.1 Å². The molecule has 0 unspecified atom stereocenters. The number of nitrogens with zero attached hydrogens (tertiary/aromatic N) is 3. The number of halogens is 2. The van der Waals surface area contributed by atoms with E-state index in [9.17, 15) is 18.4 Å². The Labute approximate surface area is 146 Å². The molecule has 1 aliphatic rings. The van der Waals surface area contributed by atoms with Crippen molar-refractivity contribution in [2.24, 2.45) is 0 Å². The smallest absolute Gasteiger partial charge is 0.405 e. The fraction of sp³-hybridized carbons (Fsp3) is 0.250. The quantitative estimate of drug-likeness (QED) is 0.711. The number of anilines is 1. The Hall–Kier alpha value is -3.30. The summed E-state index contributed by atoms with van der Waals surface area (Å²) < 4.78 is 27.1. The molecule has 136 valence electrons. The normalized spacial score (nSPS) is 17.0. The lowest BCUT2D eigenvalue weighted by atomic mass is 10.0. The third-order valence-electron chi connectivity index (χ3n) is 3.81. The molecule has 2 amide bonds. The van der Waals surface area contributed by atoms with Crippen molar-refractivity contribution in [2.45, 2.75) is 25.4 Å². The van der Waals surface area contributed by atoms with Crippen LogP contribution in [0.15, 0.2) is 36.7 Å². The molecule has 2 bridgehead atoms. The number of carboxylic acid groups (broad SMARTS) is 1. The number of rotatable bonds is 2. The van der Waals surface area contributed by atoms with E-state index in [-0.39, 0.29) is 24.2 Å². The molecule has 2 aromatic rings. The van der Waals surface area contributed by atoms with Gasteiger partial charge in [-0.25, -0.2) is 9.48 Å². The van der Waals surface area contributed by atoms with Crippen LogP contribution in [0.3, 0.4) is 0 Å². The molecule has 0 spiro atoms. The van der Waals surface area contributed by atoms with Crippen LogP contribution < -0.4 is 10.6 Å². The maximum Gasteiger partial charge on any atom is 0.405 e. The van der Waals surface area contributed by atoms with Gasteiger partial charge in [0.15, 0.2) is 0 Å². The van der Waals surface area contributed by atoms with E-state index in [4.69, 9.17) is 5.11 Å². The van der Waals surface area contributed by atoms with E-state index in [2.05, 4.69) is 20.7 Å². The minimum Gasteiger partial charge on any atom is -0.465 e. The number of pyridine rings is 1. The van der Waals surface area contributed by atoms with Gasteiger partial charge in [0.1, 0.15) is 0 Å². The predicted molar refractivity (Wildman–Crippen MR) is 87.6 cm³/mol. The summed E-state index contributed by atoms with van der Waals surface area (Å²) in [6.07, 6.45) is 4.83. The van der Waals surface area contributed by atoms with Gasteiger partial charge in [-0.1, -0.05) is 12.2 Å². The largest absolute Gasteiger partial charge is 0.465 e. The topological polar surface area (TPSA) is 109 Å². The number of nitrogens with one attached hydrogen (secondary N) is 2. The van der Waals surface area contributed by atoms with E-state index in [1.54, 1.807) is 12.2 Å². The Bertz CT molecular complexity index is 865. The van der Waals surface area contributed by atoms with E-state index in [0.717, 1.165) is 6.20 Å². The zero-order chi connectivity index (χ0) is 18.7. The molecule has 10 heteroatoms. The average molecular weight is 363 g/mol. The summed E-state index contributed by atoms with van der Waals surface area (Å²) >= 11 is 0. The van der Waals surface area contributed by atoms with Crippen LogP contribution in [0, 0.1) is 0 Å². The van der Waals surface area contributed by atoms with E-state index in [1.165, 1.54) is 18.3 Å². The zero-order valence-corrected chi connectivity index (χ0v) is 13.4. The first-order valence-electron chi connectivity index (χ1n) is 7.72. The first kappa shape index (κ1) is 17.5. The first-order chi connectivity index (χ1) is 12.5. The highest BCUT2D eigenvalue weighted by Gasteiger charge is 2.22. The zero-order valence-electron chi connectivity index (χ0n) is 13.4. The molecule has 3 rings (SSSR count). The third kappa shape index (κ3) is 3.68. The highest BCUT2D eigenvalue weighted by atomic mass is 19.3. The summed E-state index contributed by atoms with van der Waals surface area (Å²) in [6, 6.07) is 2.31. The molecular formula is C16H15F2N5O3. The number of aromatic nitrogens is 3. The molecular weight excluding hydrogens is 348 g/mol. The molecule has 0 fully saturated rings. The monoisotopic (exact) mass is 363 g/mol. The lowest BCUT2D eigenvalue weighted by molar-refractivity contribution is -0.115. The van der Waals surface area contributed by atoms with Crippen molar-refractivity contribution in [1.29, 1.82) is 0 Å². The SMILES string of the molecule is O=C(O)N[C@H]1CC=CCC(=O)Nc2cnn(C(F)F)c2-c2ccnc1c2. The number of carbonyl (C=O) groups is 2. The lowest BCUT2D eigenvalue weighted by Gasteiger charge is -2.17. The second-order valence-corrected chi connectivity index (χ2v) is 5.56. The van der Waals surface area contributed by atoms with Crippen molar-refractivity contribution in [2.75, 3.05) is 5.32 Å². The maximum absolute atomic E-state index is 13.3. The van der Waals surface area contributed by atoms with Gasteiger partial charge in [-0.05, 0) is 18.6 Å². The molecule has 3 heterocycles. The number of hydrogen-bond acceptors (Lipinski definition) is 4. The number of alkyl halides is 2. The maximum atomic E-state index is 13.3. The van der Waals surface area contributed by atoms with E-state index in [1.807, 2.05) is 0 Å². The fourth-order valence-electron chi connectivity index (χ4n) is 2.70. The molecule has 0 aromatic carbocycles. The second kappa shape index (κ2) is 7.30. The van der Waals surface area contributed by atoms with Crippen LogP contribution in [-0.2, 0) is 4.79 Å². The van der Waals surface area contributed by atoms with E-state index < -0.39 is 24.6 Å². The standard InChI is InChI=1S/C16H15F2N5O3/c17-15(18)23-14-9-5-6-19-11(7-9)10(22-16(25)26)3-1-2-4-13(24)21-12(14)8-20-23/h1-2,5-8,10,15,22H,3-4H2,(H,21,24)(H,25,26)/t10-/m0/s1. The molecule has 0 radical (unpaired) electrons. The minimum absolute atomic E-state index is 0.0143. The van der Waals surface area contributed by atoms with Crippen LogP contribution >= 0.6 is 0 Å². The molecule has 1 atom stereocenters. The van der Waals surface area contributed by atoms with Crippen LogP contribution in [-0.4, -0.2) is 31.9 Å². The molecule has 26 heavy (non-hydrogen) atoms. The van der Waals surface area contributed by atoms with Gasteiger partial charge in [0.25, 0.3) is 0 Å². The van der Waals surface area contributed by atoms with Crippen LogP contribution in [0.2, 0.25) is 0 Å². The molecule has 0 saturated carbocycles. The Balaban J connectivity index is 2.15. The van der Waals surface area contributed by atoms with Crippen molar-refractivity contribution >= 4 is 17.7 Å². The van der Waals surface area contributed by atoms with Gasteiger partial charge >= 0.3 is 12.6 Å². The highest BCUT2D eigenvalue weighted by molar-refractivity contribution is 5.95. The Morgan fingerprint density at radius 1 is 1.42 bits per heavy atom. The fourth-order valence-corrected chi connectivity index (χ4v) is 2.70. The number of carbonyl (C=O) groups excluding carboxylic acids is 1. The van der Waals surface area contributed by atoms with Crippen LogP contribution in [0.25, 0.3) is 11.3 Å². The summed E-state index contributed by atoms with van der Waals surface area (Å²) in [5, 5.41) is 17.6. The summed E-state index contributed by atoms with van der Waals surface area (Å²) in [6.45, 7) is -2.91. The van der Waals surface area contributed by atoms with Crippen LogP contribution in [0.1, 0.15) is 31.1 Å². The molecule has 2 aromatic heterocycles. The van der Waals surface area contributed by atoms with E-state index >= 15 is 0 Å². The number of hydrogen-bond donors (Lipinski definition) is 3. The third-order valence-corrected chi connectivity index (χ3v) is 3.81. The van der Waals surface area contributed by atoms with Gasteiger partial charge < -0.3 is 15.7 Å². The average Bonchev–Trinajstić information content (AvgIpc) is 3.00. The highest BCUT2D eigenvalue weighted by Crippen LogP contribution is 2.33. The molecule has 1 aliphatic heterocycles. The van der Waals surface area contributed by atoms with Crippen molar-refractivity contribution in [3.63, 3.8) is 0 Å². The summed E-state index contributed by atoms with van der Waals surface area (Å²) in [7, 11) is 0. The minimum atomic E-state index is -2.91. The van der Waals surface area contributed by atoms with Gasteiger partial charge in [0.05, 0.1) is 29.3 Å². The predicted octanol–water partition coefficient (Wildman–Crippen LogP) is 2.94. The summed E-state index contributed by atoms with van der Waals surface area (Å²) in [5.41, 5.74) is 0.874. The number of fused-ring (bicyclic) bond motifs is 4. The second-order valence-electron chi connectivity index (χ2n) is 5.56. The Kier molecular flexibility index (Phi) is 4.92. The molecule has 8 nitrogen and oxygen atoms in total. The molecule has 0 aliphatic carbocycles. The van der Waals surface area contributed by atoms with Crippen molar-refractivity contribution < 1.29 is 23.5 Å².